The lowest BCUT2D eigenvalue weighted by Crippen LogP contribution is -1.90. The molecular weight excluding hydrogens is 328 g/mol. The zero-order valence-corrected chi connectivity index (χ0v) is 12.0. The summed E-state index contributed by atoms with van der Waals surface area (Å²) in [6, 6.07) is 13.1. The van der Waals surface area contributed by atoms with Crippen LogP contribution in [-0.2, 0) is 0 Å². The lowest BCUT2D eigenvalue weighted by Gasteiger charge is -2.09. The lowest BCUT2D eigenvalue weighted by atomic mass is 10.2. The highest BCUT2D eigenvalue weighted by molar-refractivity contribution is 9.10. The Morgan fingerprint density at radius 1 is 1.05 bits per heavy atom. The van der Waals surface area contributed by atoms with Gasteiger partial charge < -0.3 is 4.74 Å². The zero-order chi connectivity index (χ0) is 13.2. The molecule has 0 radical (unpaired) electrons. The number of aromatic nitrogens is 2. The number of halogens is 2. The van der Waals surface area contributed by atoms with E-state index < -0.39 is 0 Å². The van der Waals surface area contributed by atoms with Crippen LogP contribution in [0.2, 0.25) is 5.02 Å². The van der Waals surface area contributed by atoms with Crippen LogP contribution in [-0.4, -0.2) is 10.2 Å². The largest absolute Gasteiger partial charge is 0.453 e. The fourth-order valence-corrected chi connectivity index (χ4v) is 2.23. The molecule has 19 heavy (non-hydrogen) atoms. The average molecular weight is 336 g/mol. The summed E-state index contributed by atoms with van der Waals surface area (Å²) in [6.07, 6.45) is 1.58. The summed E-state index contributed by atoms with van der Waals surface area (Å²) >= 11 is 9.51. The van der Waals surface area contributed by atoms with Gasteiger partial charge >= 0.3 is 0 Å². The van der Waals surface area contributed by atoms with E-state index in [1.807, 2.05) is 36.4 Å². The van der Waals surface area contributed by atoms with E-state index in [-0.39, 0.29) is 0 Å². The molecular formula is C14H8BrClN2O. The highest BCUT2D eigenvalue weighted by Gasteiger charge is 2.08. The number of hydrogen-bond acceptors (Lipinski definition) is 3. The third-order valence-corrected chi connectivity index (χ3v) is 3.43. The molecule has 3 rings (SSSR count). The molecule has 0 aliphatic heterocycles. The molecule has 0 aliphatic rings. The van der Waals surface area contributed by atoms with Crippen LogP contribution >= 0.6 is 27.5 Å². The van der Waals surface area contributed by atoms with E-state index in [1.165, 1.54) is 0 Å². The van der Waals surface area contributed by atoms with Crippen molar-refractivity contribution in [2.24, 2.45) is 0 Å². The minimum absolute atomic E-state index is 0.545. The van der Waals surface area contributed by atoms with Crippen molar-refractivity contribution < 1.29 is 4.74 Å². The van der Waals surface area contributed by atoms with E-state index in [1.54, 1.807) is 12.3 Å². The van der Waals surface area contributed by atoms with Crippen molar-refractivity contribution >= 4 is 38.4 Å². The van der Waals surface area contributed by atoms with E-state index in [0.29, 0.717) is 16.5 Å². The van der Waals surface area contributed by atoms with Gasteiger partial charge in [-0.15, -0.1) is 0 Å². The molecule has 0 N–H and O–H groups in total. The molecule has 0 atom stereocenters. The summed E-state index contributed by atoms with van der Waals surface area (Å²) < 4.78 is 6.74. The monoisotopic (exact) mass is 334 g/mol. The molecule has 0 bridgehead atoms. The molecule has 0 saturated carbocycles. The highest BCUT2D eigenvalue weighted by atomic mass is 79.9. The molecule has 1 aromatic heterocycles. The first kappa shape index (κ1) is 12.4. The number of hydrogen-bond donors (Lipinski definition) is 0. The van der Waals surface area contributed by atoms with Gasteiger partial charge in [-0.25, -0.2) is 0 Å². The topological polar surface area (TPSA) is 35.0 Å². The van der Waals surface area contributed by atoms with Gasteiger partial charge in [0.15, 0.2) is 5.75 Å². The molecule has 1 heterocycles. The second kappa shape index (κ2) is 5.15. The highest BCUT2D eigenvalue weighted by Crippen LogP contribution is 2.34. The van der Waals surface area contributed by atoms with Gasteiger partial charge in [0.2, 0.25) is 0 Å². The quantitative estimate of drug-likeness (QED) is 0.672. The molecule has 2 aromatic carbocycles. The molecule has 3 aromatic rings. The Kier molecular flexibility index (Phi) is 3.36. The standard InChI is InChI=1S/C14H8BrClN2O/c15-9-5-6-11(16)13(7-9)19-14-8-17-18-12-4-2-1-3-10(12)14/h1-8H. The SMILES string of the molecule is Clc1ccc(Br)cc1Oc1cnnc2ccccc12. The first-order valence-corrected chi connectivity index (χ1v) is 6.74. The van der Waals surface area contributed by atoms with Crippen LogP contribution in [0.15, 0.2) is 53.1 Å². The van der Waals surface area contributed by atoms with Crippen LogP contribution in [0.1, 0.15) is 0 Å². The van der Waals surface area contributed by atoms with Gasteiger partial charge in [0.25, 0.3) is 0 Å². The molecule has 3 nitrogen and oxygen atoms in total. The van der Waals surface area contributed by atoms with E-state index in [4.69, 9.17) is 16.3 Å². The number of ether oxygens (including phenoxy) is 1. The van der Waals surface area contributed by atoms with Crippen LogP contribution < -0.4 is 4.74 Å². The number of nitrogens with zero attached hydrogens (tertiary/aromatic N) is 2. The van der Waals surface area contributed by atoms with Gasteiger partial charge in [-0.2, -0.15) is 10.2 Å². The van der Waals surface area contributed by atoms with Crippen LogP contribution in [0, 0.1) is 0 Å². The van der Waals surface area contributed by atoms with Crippen molar-refractivity contribution in [1.29, 1.82) is 0 Å². The fourth-order valence-electron chi connectivity index (χ4n) is 1.74. The van der Waals surface area contributed by atoms with Crippen molar-refractivity contribution in [3.05, 3.63) is 58.2 Å². The Balaban J connectivity index is 2.08. The average Bonchev–Trinajstić information content (AvgIpc) is 2.43. The van der Waals surface area contributed by atoms with Crippen molar-refractivity contribution in [3.8, 4) is 11.5 Å². The Hall–Kier alpha value is -1.65. The summed E-state index contributed by atoms with van der Waals surface area (Å²) in [5.74, 6) is 1.21. The van der Waals surface area contributed by atoms with E-state index in [2.05, 4.69) is 26.1 Å². The predicted octanol–water partition coefficient (Wildman–Crippen LogP) is 4.84. The van der Waals surface area contributed by atoms with Crippen LogP contribution in [0.5, 0.6) is 11.5 Å². The number of benzene rings is 2. The Morgan fingerprint density at radius 3 is 2.79 bits per heavy atom. The molecule has 0 saturated heterocycles. The Labute approximate surface area is 123 Å². The molecule has 94 valence electrons. The number of rotatable bonds is 2. The summed E-state index contributed by atoms with van der Waals surface area (Å²) in [4.78, 5) is 0. The van der Waals surface area contributed by atoms with Crippen LogP contribution in [0.25, 0.3) is 10.9 Å². The maximum absolute atomic E-state index is 6.12. The van der Waals surface area contributed by atoms with Crippen molar-refractivity contribution in [2.45, 2.75) is 0 Å². The number of fused-ring (bicyclic) bond motifs is 1. The molecule has 0 fully saturated rings. The molecule has 0 spiro atoms. The smallest absolute Gasteiger partial charge is 0.157 e. The van der Waals surface area contributed by atoms with Gasteiger partial charge in [-0.3, -0.25) is 0 Å². The van der Waals surface area contributed by atoms with Gasteiger partial charge in [-0.1, -0.05) is 39.7 Å². The molecule has 0 unspecified atom stereocenters. The van der Waals surface area contributed by atoms with E-state index in [0.717, 1.165) is 15.4 Å². The first-order chi connectivity index (χ1) is 9.24. The summed E-state index contributed by atoms with van der Waals surface area (Å²) in [5.41, 5.74) is 0.783. The Bertz CT molecular complexity index is 743. The molecule has 0 amide bonds. The third kappa shape index (κ3) is 2.55. The summed E-state index contributed by atoms with van der Waals surface area (Å²) in [6.45, 7) is 0. The first-order valence-electron chi connectivity index (χ1n) is 5.57. The van der Waals surface area contributed by atoms with Crippen molar-refractivity contribution in [2.75, 3.05) is 0 Å². The van der Waals surface area contributed by atoms with E-state index in [9.17, 15) is 0 Å². The second-order valence-electron chi connectivity index (χ2n) is 3.90. The van der Waals surface area contributed by atoms with Crippen molar-refractivity contribution in [3.63, 3.8) is 0 Å². The Morgan fingerprint density at radius 2 is 1.89 bits per heavy atom. The molecule has 0 aliphatic carbocycles. The summed E-state index contributed by atoms with van der Waals surface area (Å²) in [5, 5.41) is 9.42. The normalized spacial score (nSPS) is 10.6. The summed E-state index contributed by atoms with van der Waals surface area (Å²) in [7, 11) is 0. The predicted molar refractivity (Wildman–Crippen MR) is 78.8 cm³/mol. The minimum Gasteiger partial charge on any atom is -0.453 e. The van der Waals surface area contributed by atoms with Gasteiger partial charge in [-0.05, 0) is 30.3 Å². The minimum atomic E-state index is 0.545. The van der Waals surface area contributed by atoms with Crippen LogP contribution in [0.3, 0.4) is 0 Å². The van der Waals surface area contributed by atoms with Gasteiger partial charge in [0.1, 0.15) is 5.75 Å². The third-order valence-electron chi connectivity index (χ3n) is 2.62. The van der Waals surface area contributed by atoms with Crippen molar-refractivity contribution in [1.82, 2.24) is 10.2 Å². The fraction of sp³-hybridized carbons (Fsp3) is 0. The maximum Gasteiger partial charge on any atom is 0.157 e. The van der Waals surface area contributed by atoms with E-state index >= 15 is 0 Å². The second-order valence-corrected chi connectivity index (χ2v) is 5.23. The van der Waals surface area contributed by atoms with Crippen LogP contribution in [0.4, 0.5) is 0 Å². The van der Waals surface area contributed by atoms with Gasteiger partial charge in [0.05, 0.1) is 16.7 Å². The molecule has 5 heteroatoms. The maximum atomic E-state index is 6.12. The lowest BCUT2D eigenvalue weighted by molar-refractivity contribution is 0.485. The van der Waals surface area contributed by atoms with Gasteiger partial charge in [0, 0.05) is 9.86 Å². The zero-order valence-electron chi connectivity index (χ0n) is 9.68.